The van der Waals surface area contributed by atoms with Gasteiger partial charge in [0.25, 0.3) is 0 Å². The van der Waals surface area contributed by atoms with Crippen molar-refractivity contribution in [1.29, 1.82) is 0 Å². The first-order chi connectivity index (χ1) is 7.93. The predicted octanol–water partition coefficient (Wildman–Crippen LogP) is 4.47. The van der Waals surface area contributed by atoms with Crippen LogP contribution in [-0.4, -0.2) is 0 Å². The first kappa shape index (κ1) is 9.98. The molecule has 16 heavy (non-hydrogen) atoms. The van der Waals surface area contributed by atoms with Crippen molar-refractivity contribution in [3.63, 3.8) is 0 Å². The number of aryl methyl sites for hydroxylation is 1. The van der Waals surface area contributed by atoms with E-state index < -0.39 is 0 Å². The number of thioether (sulfide) groups is 1. The van der Waals surface area contributed by atoms with Crippen LogP contribution in [0.2, 0.25) is 0 Å². The van der Waals surface area contributed by atoms with Gasteiger partial charge in [-0.2, -0.15) is 0 Å². The molecule has 1 aliphatic carbocycles. The summed E-state index contributed by atoms with van der Waals surface area (Å²) >= 11 is 1.99. The van der Waals surface area contributed by atoms with Gasteiger partial charge in [0.1, 0.15) is 0 Å². The molecule has 0 heterocycles. The van der Waals surface area contributed by atoms with Gasteiger partial charge < -0.3 is 0 Å². The normalized spacial score (nSPS) is 18.4. The molecule has 0 amide bonds. The molecule has 0 radical (unpaired) electrons. The molecule has 1 aliphatic rings. The molecular weight excluding hydrogens is 212 g/mol. The minimum absolute atomic E-state index is 0.651. The summed E-state index contributed by atoms with van der Waals surface area (Å²) in [6.07, 6.45) is 2.51. The van der Waals surface area contributed by atoms with Crippen LogP contribution < -0.4 is 0 Å². The topological polar surface area (TPSA) is 0 Å². The molecule has 1 heteroatoms. The zero-order valence-corrected chi connectivity index (χ0v) is 9.91. The van der Waals surface area contributed by atoms with Gasteiger partial charge in [0.05, 0.1) is 0 Å². The van der Waals surface area contributed by atoms with Crippen LogP contribution in [0.4, 0.5) is 0 Å². The first-order valence-corrected chi connectivity index (χ1v) is 6.61. The zero-order valence-electron chi connectivity index (χ0n) is 9.10. The van der Waals surface area contributed by atoms with E-state index in [1.807, 2.05) is 11.8 Å². The lowest BCUT2D eigenvalue weighted by Crippen LogP contribution is -1.86. The summed E-state index contributed by atoms with van der Waals surface area (Å²) in [6, 6.07) is 19.6. The molecule has 0 fully saturated rings. The maximum absolute atomic E-state index is 2.28. The lowest BCUT2D eigenvalue weighted by Gasteiger charge is -2.10. The minimum Gasteiger partial charge on any atom is -0.118 e. The summed E-state index contributed by atoms with van der Waals surface area (Å²) in [5, 5.41) is 0.651. The highest BCUT2D eigenvalue weighted by atomic mass is 32.2. The van der Waals surface area contributed by atoms with Gasteiger partial charge in [-0.05, 0) is 36.1 Å². The first-order valence-electron chi connectivity index (χ1n) is 5.73. The average molecular weight is 226 g/mol. The number of hydrogen-bond acceptors (Lipinski definition) is 1. The molecule has 0 nitrogen and oxygen atoms in total. The molecule has 3 rings (SSSR count). The predicted molar refractivity (Wildman–Crippen MR) is 69.8 cm³/mol. The van der Waals surface area contributed by atoms with Crippen LogP contribution in [0.25, 0.3) is 0 Å². The Balaban J connectivity index is 1.84. The molecular formula is C15H14S. The van der Waals surface area contributed by atoms with Crippen molar-refractivity contribution < 1.29 is 0 Å². The SMILES string of the molecule is c1ccc(SC2CCc3ccccc32)cc1. The molecule has 0 N–H and O–H groups in total. The Morgan fingerprint density at radius 1 is 0.875 bits per heavy atom. The Morgan fingerprint density at radius 3 is 2.50 bits per heavy atom. The Hall–Kier alpha value is -1.21. The van der Waals surface area contributed by atoms with Gasteiger partial charge in [-0.1, -0.05) is 42.5 Å². The summed E-state index contributed by atoms with van der Waals surface area (Å²) in [4.78, 5) is 1.38. The third kappa shape index (κ3) is 1.88. The second-order valence-corrected chi connectivity index (χ2v) is 5.43. The fourth-order valence-corrected chi connectivity index (χ4v) is 3.54. The van der Waals surface area contributed by atoms with Crippen molar-refractivity contribution in [2.24, 2.45) is 0 Å². The second-order valence-electron chi connectivity index (χ2n) is 4.16. The lowest BCUT2D eigenvalue weighted by molar-refractivity contribution is 0.890. The summed E-state index contributed by atoms with van der Waals surface area (Å²) in [5.74, 6) is 0. The fraction of sp³-hybridized carbons (Fsp3) is 0.200. The van der Waals surface area contributed by atoms with Crippen molar-refractivity contribution in [2.75, 3.05) is 0 Å². The molecule has 0 saturated heterocycles. The quantitative estimate of drug-likeness (QED) is 0.728. The van der Waals surface area contributed by atoms with Crippen molar-refractivity contribution in [3.8, 4) is 0 Å². The molecule has 1 atom stereocenters. The summed E-state index contributed by atoms with van der Waals surface area (Å²) in [7, 11) is 0. The van der Waals surface area contributed by atoms with Gasteiger partial charge in [0.2, 0.25) is 0 Å². The Kier molecular flexibility index (Phi) is 2.71. The third-order valence-corrected chi connectivity index (χ3v) is 4.42. The lowest BCUT2D eigenvalue weighted by atomic mass is 10.1. The van der Waals surface area contributed by atoms with E-state index in [1.165, 1.54) is 28.9 Å². The maximum Gasteiger partial charge on any atom is 0.0350 e. The van der Waals surface area contributed by atoms with Crippen LogP contribution in [0.3, 0.4) is 0 Å². The van der Waals surface area contributed by atoms with Crippen molar-refractivity contribution >= 4 is 11.8 Å². The Morgan fingerprint density at radius 2 is 1.62 bits per heavy atom. The summed E-state index contributed by atoms with van der Waals surface area (Å²) < 4.78 is 0. The Bertz CT molecular complexity index is 476. The van der Waals surface area contributed by atoms with E-state index in [1.54, 1.807) is 0 Å². The van der Waals surface area contributed by atoms with E-state index in [9.17, 15) is 0 Å². The van der Waals surface area contributed by atoms with E-state index in [2.05, 4.69) is 54.6 Å². The van der Waals surface area contributed by atoms with Gasteiger partial charge in [-0.3, -0.25) is 0 Å². The molecule has 80 valence electrons. The molecule has 1 unspecified atom stereocenters. The molecule has 2 aromatic rings. The van der Waals surface area contributed by atoms with Crippen LogP contribution in [0.15, 0.2) is 59.5 Å². The van der Waals surface area contributed by atoms with Crippen LogP contribution in [-0.2, 0) is 6.42 Å². The highest BCUT2D eigenvalue weighted by molar-refractivity contribution is 7.99. The number of hydrogen-bond donors (Lipinski definition) is 0. The van der Waals surface area contributed by atoms with Gasteiger partial charge in [-0.15, -0.1) is 11.8 Å². The molecule has 2 aromatic carbocycles. The van der Waals surface area contributed by atoms with Crippen LogP contribution in [0.1, 0.15) is 22.8 Å². The third-order valence-electron chi connectivity index (χ3n) is 3.10. The van der Waals surface area contributed by atoms with Crippen LogP contribution >= 0.6 is 11.8 Å². The van der Waals surface area contributed by atoms with Crippen molar-refractivity contribution in [2.45, 2.75) is 23.0 Å². The van der Waals surface area contributed by atoms with Crippen LogP contribution in [0, 0.1) is 0 Å². The number of benzene rings is 2. The van der Waals surface area contributed by atoms with E-state index >= 15 is 0 Å². The van der Waals surface area contributed by atoms with Gasteiger partial charge in [0, 0.05) is 10.1 Å². The van der Waals surface area contributed by atoms with Gasteiger partial charge in [0.15, 0.2) is 0 Å². The molecule has 0 aromatic heterocycles. The average Bonchev–Trinajstić information content (AvgIpc) is 2.74. The molecule has 0 spiro atoms. The Labute approximate surface area is 101 Å². The standard InChI is InChI=1S/C15H14S/c1-2-7-13(8-3-1)16-15-11-10-12-6-4-5-9-14(12)15/h1-9,15H,10-11H2. The van der Waals surface area contributed by atoms with E-state index in [4.69, 9.17) is 0 Å². The highest BCUT2D eigenvalue weighted by Crippen LogP contribution is 2.44. The van der Waals surface area contributed by atoms with E-state index in [0.29, 0.717) is 5.25 Å². The maximum atomic E-state index is 2.28. The fourth-order valence-electron chi connectivity index (χ4n) is 2.30. The monoisotopic (exact) mass is 226 g/mol. The largest absolute Gasteiger partial charge is 0.118 e. The second kappa shape index (κ2) is 4.34. The molecule has 0 saturated carbocycles. The summed E-state index contributed by atoms with van der Waals surface area (Å²) in [6.45, 7) is 0. The summed E-state index contributed by atoms with van der Waals surface area (Å²) in [5.41, 5.74) is 3.08. The van der Waals surface area contributed by atoms with Crippen molar-refractivity contribution in [1.82, 2.24) is 0 Å². The van der Waals surface area contributed by atoms with E-state index in [-0.39, 0.29) is 0 Å². The molecule has 0 aliphatic heterocycles. The van der Waals surface area contributed by atoms with Crippen molar-refractivity contribution in [3.05, 3.63) is 65.7 Å². The number of fused-ring (bicyclic) bond motifs is 1. The number of rotatable bonds is 2. The minimum atomic E-state index is 0.651. The van der Waals surface area contributed by atoms with Gasteiger partial charge >= 0.3 is 0 Å². The van der Waals surface area contributed by atoms with Crippen LogP contribution in [0.5, 0.6) is 0 Å². The van der Waals surface area contributed by atoms with Gasteiger partial charge in [-0.25, -0.2) is 0 Å². The highest BCUT2D eigenvalue weighted by Gasteiger charge is 2.22. The zero-order chi connectivity index (χ0) is 10.8. The smallest absolute Gasteiger partial charge is 0.0350 e. The molecule has 0 bridgehead atoms. The van der Waals surface area contributed by atoms with E-state index in [0.717, 1.165) is 0 Å².